The first kappa shape index (κ1) is 17.7. The van der Waals surface area contributed by atoms with Gasteiger partial charge in [0, 0.05) is 12.0 Å². The van der Waals surface area contributed by atoms with Gasteiger partial charge < -0.3 is 10.2 Å². The van der Waals surface area contributed by atoms with Crippen LogP contribution in [0.1, 0.15) is 39.2 Å². The van der Waals surface area contributed by atoms with Crippen molar-refractivity contribution in [3.05, 3.63) is 35.9 Å². The van der Waals surface area contributed by atoms with Crippen molar-refractivity contribution in [3.63, 3.8) is 0 Å². The lowest BCUT2D eigenvalue weighted by Crippen LogP contribution is -2.38. The predicted octanol–water partition coefficient (Wildman–Crippen LogP) is 3.10. The van der Waals surface area contributed by atoms with Crippen LogP contribution < -0.4 is 5.32 Å². The second-order valence-corrected chi connectivity index (χ2v) is 6.09. The Morgan fingerprint density at radius 1 is 1.19 bits per heavy atom. The maximum absolute atomic E-state index is 12.2. The average molecular weight is 290 g/mol. The number of hydrogen-bond donors (Lipinski definition) is 1. The molecule has 1 rings (SSSR count). The summed E-state index contributed by atoms with van der Waals surface area (Å²) in [5, 5.41) is 3.13. The molecule has 0 saturated heterocycles. The average Bonchev–Trinajstić information content (AvgIpc) is 2.45. The minimum absolute atomic E-state index is 0.0718. The first-order chi connectivity index (χ1) is 10.0. The highest BCUT2D eigenvalue weighted by atomic mass is 16.1. The molecule has 1 aromatic rings. The third kappa shape index (κ3) is 7.28. The third-order valence-electron chi connectivity index (χ3n) is 3.77. The van der Waals surface area contributed by atoms with Crippen LogP contribution in [0, 0.1) is 5.92 Å². The molecule has 2 atom stereocenters. The number of nitrogens with zero attached hydrogens (tertiary/aromatic N) is 1. The fourth-order valence-corrected chi connectivity index (χ4v) is 2.44. The number of nitrogens with one attached hydrogen (secondary N) is 1. The van der Waals surface area contributed by atoms with Gasteiger partial charge >= 0.3 is 0 Å². The van der Waals surface area contributed by atoms with E-state index in [1.165, 1.54) is 5.56 Å². The largest absolute Gasteiger partial charge is 0.353 e. The zero-order chi connectivity index (χ0) is 15.7. The molecular formula is C18H30N2O. The second-order valence-electron chi connectivity index (χ2n) is 6.09. The summed E-state index contributed by atoms with van der Waals surface area (Å²) in [5.74, 6) is 0.242. The van der Waals surface area contributed by atoms with Crippen molar-refractivity contribution in [1.82, 2.24) is 10.2 Å². The van der Waals surface area contributed by atoms with Crippen LogP contribution in [0.5, 0.6) is 0 Å². The Hall–Kier alpha value is -1.35. The molecular weight excluding hydrogens is 260 g/mol. The van der Waals surface area contributed by atoms with Gasteiger partial charge in [0.1, 0.15) is 0 Å². The van der Waals surface area contributed by atoms with Crippen LogP contribution in [-0.2, 0) is 11.2 Å². The van der Waals surface area contributed by atoms with E-state index in [0.717, 1.165) is 32.4 Å². The van der Waals surface area contributed by atoms with Crippen LogP contribution in [0.15, 0.2) is 30.3 Å². The van der Waals surface area contributed by atoms with Gasteiger partial charge in [-0.3, -0.25) is 4.79 Å². The zero-order valence-electron chi connectivity index (χ0n) is 13.9. The summed E-state index contributed by atoms with van der Waals surface area (Å²) < 4.78 is 0. The van der Waals surface area contributed by atoms with E-state index in [-0.39, 0.29) is 17.9 Å². The highest BCUT2D eigenvalue weighted by Gasteiger charge is 2.15. The lowest BCUT2D eigenvalue weighted by Gasteiger charge is -2.20. The minimum Gasteiger partial charge on any atom is -0.353 e. The molecule has 0 aromatic heterocycles. The summed E-state index contributed by atoms with van der Waals surface area (Å²) in [6, 6.07) is 10.5. The van der Waals surface area contributed by atoms with Crippen LogP contribution in [0.25, 0.3) is 0 Å². The molecule has 0 spiro atoms. The van der Waals surface area contributed by atoms with Crippen molar-refractivity contribution in [1.29, 1.82) is 0 Å². The number of amides is 1. The number of hydrogen-bond acceptors (Lipinski definition) is 2. The first-order valence-corrected chi connectivity index (χ1v) is 8.05. The van der Waals surface area contributed by atoms with Gasteiger partial charge in [-0.2, -0.15) is 0 Å². The van der Waals surface area contributed by atoms with Gasteiger partial charge in [-0.1, -0.05) is 44.2 Å². The van der Waals surface area contributed by atoms with Crippen molar-refractivity contribution < 1.29 is 4.79 Å². The summed E-state index contributed by atoms with van der Waals surface area (Å²) in [5.41, 5.74) is 1.26. The Morgan fingerprint density at radius 3 is 2.48 bits per heavy atom. The summed E-state index contributed by atoms with van der Waals surface area (Å²) in [7, 11) is 2.12. The summed E-state index contributed by atoms with van der Waals surface area (Å²) in [4.78, 5) is 14.5. The van der Waals surface area contributed by atoms with Gasteiger partial charge in [-0.25, -0.2) is 0 Å². The van der Waals surface area contributed by atoms with Crippen molar-refractivity contribution >= 4 is 5.91 Å². The van der Waals surface area contributed by atoms with Crippen molar-refractivity contribution in [2.45, 2.75) is 46.1 Å². The van der Waals surface area contributed by atoms with Crippen molar-refractivity contribution in [2.24, 2.45) is 5.92 Å². The predicted molar refractivity (Wildman–Crippen MR) is 89.3 cm³/mol. The fraction of sp³-hybridized carbons (Fsp3) is 0.611. The van der Waals surface area contributed by atoms with E-state index in [1.54, 1.807) is 0 Å². The molecule has 2 unspecified atom stereocenters. The Bertz CT molecular complexity index is 405. The maximum Gasteiger partial charge on any atom is 0.223 e. The standard InChI is InChI=1S/C18H30N2O/c1-5-12-20(4)13-11-15(2)18(21)19-16(3)14-17-9-7-6-8-10-17/h6-10,15-16H,5,11-14H2,1-4H3,(H,19,21). The molecule has 0 fully saturated rings. The molecule has 0 aliphatic rings. The molecule has 1 amide bonds. The molecule has 3 heteroatoms. The van der Waals surface area contributed by atoms with E-state index in [0.29, 0.717) is 0 Å². The normalized spacial score (nSPS) is 14.0. The molecule has 118 valence electrons. The Kier molecular flexibility index (Phi) is 8.06. The van der Waals surface area contributed by atoms with E-state index in [4.69, 9.17) is 0 Å². The molecule has 0 saturated carbocycles. The van der Waals surface area contributed by atoms with E-state index < -0.39 is 0 Å². The molecule has 1 N–H and O–H groups in total. The van der Waals surface area contributed by atoms with Gasteiger partial charge in [0.05, 0.1) is 0 Å². The lowest BCUT2D eigenvalue weighted by atomic mass is 10.0. The Morgan fingerprint density at radius 2 is 1.86 bits per heavy atom. The van der Waals surface area contributed by atoms with E-state index in [2.05, 4.69) is 43.2 Å². The quantitative estimate of drug-likeness (QED) is 0.758. The van der Waals surface area contributed by atoms with E-state index >= 15 is 0 Å². The number of rotatable bonds is 9. The smallest absolute Gasteiger partial charge is 0.223 e. The highest BCUT2D eigenvalue weighted by molar-refractivity contribution is 5.78. The van der Waals surface area contributed by atoms with Crippen molar-refractivity contribution in [2.75, 3.05) is 20.1 Å². The molecule has 21 heavy (non-hydrogen) atoms. The minimum atomic E-state index is 0.0718. The SMILES string of the molecule is CCCN(C)CCC(C)C(=O)NC(C)Cc1ccccc1. The molecule has 0 bridgehead atoms. The van der Waals surface area contributed by atoms with E-state index in [9.17, 15) is 4.79 Å². The van der Waals surface area contributed by atoms with Gasteiger partial charge in [0.25, 0.3) is 0 Å². The van der Waals surface area contributed by atoms with Crippen LogP contribution in [0.4, 0.5) is 0 Å². The molecule has 3 nitrogen and oxygen atoms in total. The van der Waals surface area contributed by atoms with Crippen LogP contribution in [-0.4, -0.2) is 37.0 Å². The van der Waals surface area contributed by atoms with Crippen LogP contribution in [0.3, 0.4) is 0 Å². The molecule has 0 aliphatic heterocycles. The highest BCUT2D eigenvalue weighted by Crippen LogP contribution is 2.07. The van der Waals surface area contributed by atoms with Crippen LogP contribution in [0.2, 0.25) is 0 Å². The van der Waals surface area contributed by atoms with Gasteiger partial charge in [0.2, 0.25) is 5.91 Å². The number of carbonyl (C=O) groups is 1. The van der Waals surface area contributed by atoms with Crippen LogP contribution >= 0.6 is 0 Å². The molecule has 0 aliphatic carbocycles. The Labute approximate surface area is 129 Å². The van der Waals surface area contributed by atoms with E-state index in [1.807, 2.05) is 25.1 Å². The number of benzene rings is 1. The monoisotopic (exact) mass is 290 g/mol. The topological polar surface area (TPSA) is 32.3 Å². The number of carbonyl (C=O) groups excluding carboxylic acids is 1. The van der Waals surface area contributed by atoms with Gasteiger partial charge in [-0.15, -0.1) is 0 Å². The molecule has 0 radical (unpaired) electrons. The van der Waals surface area contributed by atoms with Gasteiger partial charge in [0.15, 0.2) is 0 Å². The van der Waals surface area contributed by atoms with Crippen molar-refractivity contribution in [3.8, 4) is 0 Å². The zero-order valence-corrected chi connectivity index (χ0v) is 13.9. The first-order valence-electron chi connectivity index (χ1n) is 8.05. The fourth-order valence-electron chi connectivity index (χ4n) is 2.44. The Balaban J connectivity index is 2.31. The summed E-state index contributed by atoms with van der Waals surface area (Å²) >= 11 is 0. The third-order valence-corrected chi connectivity index (χ3v) is 3.77. The van der Waals surface area contributed by atoms with Gasteiger partial charge in [-0.05, 0) is 51.9 Å². The second kappa shape index (κ2) is 9.56. The maximum atomic E-state index is 12.2. The molecule has 1 aromatic carbocycles. The summed E-state index contributed by atoms with van der Waals surface area (Å²) in [6.07, 6.45) is 2.96. The molecule has 0 heterocycles. The lowest BCUT2D eigenvalue weighted by molar-refractivity contribution is -0.125. The summed E-state index contributed by atoms with van der Waals surface area (Å²) in [6.45, 7) is 8.34.